The van der Waals surface area contributed by atoms with Gasteiger partial charge in [0.15, 0.2) is 6.61 Å². The van der Waals surface area contributed by atoms with Crippen LogP contribution in [0.2, 0.25) is 0 Å². The minimum absolute atomic E-state index is 0.223. The molecule has 6 nitrogen and oxygen atoms in total. The highest BCUT2D eigenvalue weighted by Crippen LogP contribution is 2.47. The molecule has 0 aliphatic heterocycles. The van der Waals surface area contributed by atoms with E-state index in [4.69, 9.17) is 14.4 Å². The highest BCUT2D eigenvalue weighted by atomic mass is 16.5. The topological polar surface area (TPSA) is 87.6 Å². The van der Waals surface area contributed by atoms with Crippen molar-refractivity contribution in [2.45, 2.75) is 19.3 Å². The van der Waals surface area contributed by atoms with Gasteiger partial charge in [-0.05, 0) is 36.6 Å². The van der Waals surface area contributed by atoms with Gasteiger partial charge >= 0.3 is 0 Å². The van der Waals surface area contributed by atoms with Crippen LogP contribution in [0.25, 0.3) is 0 Å². The van der Waals surface area contributed by atoms with Crippen LogP contribution in [0.15, 0.2) is 45.9 Å². The molecule has 0 unspecified atom stereocenters. The molecule has 24 heavy (non-hydrogen) atoms. The fraction of sp³-hybridized carbons (Fsp3) is 0.278. The molecule has 0 spiro atoms. The molecule has 0 bridgehead atoms. The summed E-state index contributed by atoms with van der Waals surface area (Å²) in [7, 11) is 0. The number of amides is 1. The maximum atomic E-state index is 11.7. The Labute approximate surface area is 139 Å². The number of nitrogens with zero attached hydrogens (tertiary/aromatic N) is 2. The molecule has 1 aromatic heterocycles. The molecule has 2 aromatic rings. The average Bonchev–Trinajstić information content (AvgIpc) is 3.14. The molecule has 1 N–H and O–H groups in total. The molecular formula is C18H17N3O3. The van der Waals surface area contributed by atoms with Crippen molar-refractivity contribution in [2.75, 3.05) is 6.61 Å². The van der Waals surface area contributed by atoms with Crippen molar-refractivity contribution < 1.29 is 13.9 Å². The lowest BCUT2D eigenvalue weighted by molar-refractivity contribution is -0.123. The van der Waals surface area contributed by atoms with Gasteiger partial charge in [0.05, 0.1) is 11.8 Å². The van der Waals surface area contributed by atoms with Crippen molar-refractivity contribution in [3.8, 4) is 11.8 Å². The first-order valence-electron chi connectivity index (χ1n) is 7.71. The van der Waals surface area contributed by atoms with E-state index >= 15 is 0 Å². The normalized spacial score (nSPS) is 19.0. The number of nitriles is 1. The molecule has 1 heterocycles. The Morgan fingerprint density at radius 3 is 3.00 bits per heavy atom. The quantitative estimate of drug-likeness (QED) is 0.654. The van der Waals surface area contributed by atoms with Crippen molar-refractivity contribution in [2.24, 2.45) is 11.0 Å². The van der Waals surface area contributed by atoms with Crippen LogP contribution >= 0.6 is 0 Å². The minimum atomic E-state index is -0.415. The summed E-state index contributed by atoms with van der Waals surface area (Å²) in [5.41, 5.74) is 2.75. The third kappa shape index (κ3) is 3.82. The highest BCUT2D eigenvalue weighted by molar-refractivity contribution is 5.81. The Balaban J connectivity index is 1.47. The van der Waals surface area contributed by atoms with Crippen LogP contribution in [0.5, 0.6) is 5.75 Å². The van der Waals surface area contributed by atoms with Gasteiger partial charge in [-0.25, -0.2) is 5.43 Å². The lowest BCUT2D eigenvalue weighted by Crippen LogP contribution is -2.24. The van der Waals surface area contributed by atoms with Gasteiger partial charge in [-0.15, -0.1) is 0 Å². The third-order valence-corrected chi connectivity index (χ3v) is 3.87. The second-order valence-electron chi connectivity index (χ2n) is 5.75. The fourth-order valence-electron chi connectivity index (χ4n) is 2.38. The SMILES string of the molecule is C[C@H]1C[C@H]1c1ccc(/C=N\NC(=O)COc2ccccc2C#N)o1. The van der Waals surface area contributed by atoms with Gasteiger partial charge in [0, 0.05) is 5.92 Å². The molecule has 1 aliphatic rings. The van der Waals surface area contributed by atoms with Crippen molar-refractivity contribution in [3.63, 3.8) is 0 Å². The van der Waals surface area contributed by atoms with Gasteiger partial charge in [0.2, 0.25) is 0 Å². The predicted octanol–water partition coefficient (Wildman–Crippen LogP) is 2.80. The molecule has 1 saturated carbocycles. The van der Waals surface area contributed by atoms with Crippen LogP contribution < -0.4 is 10.2 Å². The molecular weight excluding hydrogens is 306 g/mol. The first-order valence-corrected chi connectivity index (χ1v) is 7.71. The number of hydrogen-bond donors (Lipinski definition) is 1. The summed E-state index contributed by atoms with van der Waals surface area (Å²) in [6, 6.07) is 12.5. The van der Waals surface area contributed by atoms with E-state index in [-0.39, 0.29) is 6.61 Å². The Hall–Kier alpha value is -3.07. The molecule has 2 atom stereocenters. The number of hydrazone groups is 1. The van der Waals surface area contributed by atoms with E-state index in [0.717, 1.165) is 12.2 Å². The number of rotatable bonds is 6. The summed E-state index contributed by atoms with van der Waals surface area (Å²) in [5, 5.41) is 12.8. The second kappa shape index (κ2) is 7.01. The summed E-state index contributed by atoms with van der Waals surface area (Å²) < 4.78 is 11.0. The van der Waals surface area contributed by atoms with Crippen LogP contribution in [-0.2, 0) is 4.79 Å². The van der Waals surface area contributed by atoms with Crippen LogP contribution in [-0.4, -0.2) is 18.7 Å². The van der Waals surface area contributed by atoms with E-state index < -0.39 is 5.91 Å². The van der Waals surface area contributed by atoms with E-state index in [1.807, 2.05) is 18.2 Å². The van der Waals surface area contributed by atoms with E-state index in [1.54, 1.807) is 24.3 Å². The van der Waals surface area contributed by atoms with E-state index in [1.165, 1.54) is 6.21 Å². The molecule has 1 amide bonds. The Kier molecular flexibility index (Phi) is 4.62. The van der Waals surface area contributed by atoms with Gasteiger partial charge in [0.1, 0.15) is 23.3 Å². The van der Waals surface area contributed by atoms with Gasteiger partial charge in [0.25, 0.3) is 5.91 Å². The summed E-state index contributed by atoms with van der Waals surface area (Å²) in [5.74, 6) is 2.70. The molecule has 0 saturated heterocycles. The average molecular weight is 323 g/mol. The minimum Gasteiger partial charge on any atom is -0.482 e. The first-order chi connectivity index (χ1) is 11.7. The Bertz CT molecular complexity index is 804. The van der Waals surface area contributed by atoms with Gasteiger partial charge in [-0.1, -0.05) is 19.1 Å². The number of carbonyl (C=O) groups is 1. The number of ether oxygens (including phenoxy) is 1. The zero-order chi connectivity index (χ0) is 16.9. The van der Waals surface area contributed by atoms with E-state index in [2.05, 4.69) is 17.5 Å². The van der Waals surface area contributed by atoms with Crippen LogP contribution in [0.4, 0.5) is 0 Å². The predicted molar refractivity (Wildman–Crippen MR) is 87.6 cm³/mol. The van der Waals surface area contributed by atoms with Crippen molar-refractivity contribution >= 4 is 12.1 Å². The Morgan fingerprint density at radius 2 is 2.25 bits per heavy atom. The molecule has 0 radical (unpaired) electrons. The van der Waals surface area contributed by atoms with Crippen molar-refractivity contribution in [1.82, 2.24) is 5.43 Å². The van der Waals surface area contributed by atoms with Crippen LogP contribution in [0.3, 0.4) is 0 Å². The summed E-state index contributed by atoms with van der Waals surface area (Å²) >= 11 is 0. The molecule has 1 fully saturated rings. The lowest BCUT2D eigenvalue weighted by Gasteiger charge is -2.05. The Morgan fingerprint density at radius 1 is 1.46 bits per heavy atom. The van der Waals surface area contributed by atoms with Crippen LogP contribution in [0.1, 0.15) is 36.3 Å². The zero-order valence-electron chi connectivity index (χ0n) is 13.2. The number of hydrogen-bond acceptors (Lipinski definition) is 5. The summed E-state index contributed by atoms with van der Waals surface area (Å²) in [6.45, 7) is 1.96. The molecule has 122 valence electrons. The molecule has 1 aliphatic carbocycles. The van der Waals surface area contributed by atoms with Crippen molar-refractivity contribution in [3.05, 3.63) is 53.5 Å². The zero-order valence-corrected chi connectivity index (χ0v) is 13.2. The molecule has 1 aromatic carbocycles. The number of furan rings is 1. The van der Waals surface area contributed by atoms with E-state index in [0.29, 0.717) is 28.9 Å². The monoisotopic (exact) mass is 323 g/mol. The van der Waals surface area contributed by atoms with Gasteiger partial charge in [-0.2, -0.15) is 10.4 Å². The highest BCUT2D eigenvalue weighted by Gasteiger charge is 2.36. The first kappa shape index (κ1) is 15.8. The third-order valence-electron chi connectivity index (χ3n) is 3.87. The van der Waals surface area contributed by atoms with Crippen LogP contribution in [0, 0.1) is 17.2 Å². The smallest absolute Gasteiger partial charge is 0.277 e. The standard InChI is InChI=1S/C18H17N3O3/c1-12-8-15(12)17-7-6-14(24-17)10-20-21-18(22)11-23-16-5-3-2-4-13(16)9-19/h2-7,10,12,15H,8,11H2,1H3,(H,21,22)/b20-10-/t12-,15+/m0/s1. The van der Waals surface area contributed by atoms with E-state index in [9.17, 15) is 4.79 Å². The summed E-state index contributed by atoms with van der Waals surface area (Å²) in [6.07, 6.45) is 2.61. The second-order valence-corrected chi connectivity index (χ2v) is 5.75. The summed E-state index contributed by atoms with van der Waals surface area (Å²) in [4.78, 5) is 11.7. The maximum absolute atomic E-state index is 11.7. The maximum Gasteiger partial charge on any atom is 0.277 e. The number of nitrogens with one attached hydrogen (secondary N) is 1. The van der Waals surface area contributed by atoms with Gasteiger partial charge in [-0.3, -0.25) is 4.79 Å². The number of carbonyl (C=O) groups excluding carboxylic acids is 1. The number of benzene rings is 1. The fourth-order valence-corrected chi connectivity index (χ4v) is 2.38. The molecule has 3 rings (SSSR count). The molecule has 6 heteroatoms. The lowest BCUT2D eigenvalue weighted by atomic mass is 10.2. The largest absolute Gasteiger partial charge is 0.482 e. The number of para-hydroxylation sites is 1. The van der Waals surface area contributed by atoms with Gasteiger partial charge < -0.3 is 9.15 Å². The van der Waals surface area contributed by atoms with Crippen molar-refractivity contribution in [1.29, 1.82) is 5.26 Å².